The Bertz CT molecular complexity index is 435. The summed E-state index contributed by atoms with van der Waals surface area (Å²) < 4.78 is 12.6. The van der Waals surface area contributed by atoms with Crippen LogP contribution < -0.4 is 14.8 Å². The van der Waals surface area contributed by atoms with Crippen molar-refractivity contribution in [2.24, 2.45) is 0 Å². The first-order valence-corrected chi connectivity index (χ1v) is 9.20. The number of hydrogen-bond acceptors (Lipinski definition) is 3. The highest BCUT2D eigenvalue weighted by molar-refractivity contribution is 9.10. The molecule has 0 aliphatic heterocycles. The molecule has 1 rings (SSSR count). The Labute approximate surface area is 143 Å². The largest absolute Gasteiger partial charge is 0.490 e. The first kappa shape index (κ1) is 19.3. The second-order valence-corrected chi connectivity index (χ2v) is 6.58. The molecule has 0 saturated heterocycles. The molecule has 3 nitrogen and oxygen atoms in total. The predicted molar refractivity (Wildman–Crippen MR) is 96.9 cm³/mol. The van der Waals surface area contributed by atoms with Gasteiger partial charge in [-0.05, 0) is 51.4 Å². The molecular weight excluding hydrogens is 342 g/mol. The Morgan fingerprint density at radius 3 is 2.50 bits per heavy atom. The van der Waals surface area contributed by atoms with Crippen LogP contribution in [0.2, 0.25) is 0 Å². The Kier molecular flexibility index (Phi) is 9.56. The highest BCUT2D eigenvalue weighted by Gasteiger charge is 2.12. The average Bonchev–Trinajstić information content (AvgIpc) is 2.46. The number of benzene rings is 1. The molecule has 22 heavy (non-hydrogen) atoms. The van der Waals surface area contributed by atoms with Crippen LogP contribution >= 0.6 is 15.9 Å². The third kappa shape index (κ3) is 7.01. The molecule has 0 bridgehead atoms. The van der Waals surface area contributed by atoms with Crippen molar-refractivity contribution in [3.63, 3.8) is 0 Å². The van der Waals surface area contributed by atoms with E-state index < -0.39 is 0 Å². The predicted octanol–water partition coefficient (Wildman–Crippen LogP) is 5.30. The smallest absolute Gasteiger partial charge is 0.162 e. The summed E-state index contributed by atoms with van der Waals surface area (Å²) in [5.74, 6) is 1.62. The van der Waals surface area contributed by atoms with Gasteiger partial charge in [0.1, 0.15) is 0 Å². The van der Waals surface area contributed by atoms with E-state index in [1.807, 2.05) is 26.8 Å². The summed E-state index contributed by atoms with van der Waals surface area (Å²) in [6.45, 7) is 10.8. The van der Waals surface area contributed by atoms with Crippen LogP contribution in [0.3, 0.4) is 0 Å². The molecule has 1 N–H and O–H groups in total. The number of rotatable bonds is 11. The van der Waals surface area contributed by atoms with Crippen LogP contribution in [0.1, 0.15) is 58.9 Å². The Morgan fingerprint density at radius 2 is 1.86 bits per heavy atom. The fourth-order valence-electron chi connectivity index (χ4n) is 2.23. The first-order valence-electron chi connectivity index (χ1n) is 8.41. The maximum Gasteiger partial charge on any atom is 0.162 e. The van der Waals surface area contributed by atoms with E-state index in [0.717, 1.165) is 29.1 Å². The topological polar surface area (TPSA) is 30.5 Å². The van der Waals surface area contributed by atoms with Crippen LogP contribution in [0.5, 0.6) is 11.5 Å². The fraction of sp³-hybridized carbons (Fsp3) is 0.667. The maximum atomic E-state index is 5.83. The van der Waals surface area contributed by atoms with Crippen LogP contribution in [0.25, 0.3) is 0 Å². The van der Waals surface area contributed by atoms with Gasteiger partial charge >= 0.3 is 0 Å². The van der Waals surface area contributed by atoms with E-state index >= 15 is 0 Å². The lowest BCUT2D eigenvalue weighted by Crippen LogP contribution is -2.15. The van der Waals surface area contributed by atoms with E-state index in [1.54, 1.807) is 0 Å². The Morgan fingerprint density at radius 1 is 1.09 bits per heavy atom. The van der Waals surface area contributed by atoms with Crippen LogP contribution in [-0.2, 0) is 6.54 Å². The second-order valence-electron chi connectivity index (χ2n) is 5.73. The molecule has 1 aromatic carbocycles. The lowest BCUT2D eigenvalue weighted by molar-refractivity contribution is 0.223. The highest BCUT2D eigenvalue weighted by Crippen LogP contribution is 2.34. The lowest BCUT2D eigenvalue weighted by atomic mass is 10.2. The van der Waals surface area contributed by atoms with Gasteiger partial charge in [0.2, 0.25) is 0 Å². The van der Waals surface area contributed by atoms with E-state index in [0.29, 0.717) is 6.61 Å². The number of nitrogens with one attached hydrogen (secondary N) is 1. The van der Waals surface area contributed by atoms with Crippen molar-refractivity contribution in [2.45, 2.75) is 66.0 Å². The van der Waals surface area contributed by atoms with Gasteiger partial charge in [0.05, 0.1) is 12.7 Å². The molecule has 0 aliphatic carbocycles. The number of hydrogen-bond donors (Lipinski definition) is 1. The zero-order valence-electron chi connectivity index (χ0n) is 14.4. The Hall–Kier alpha value is -0.740. The van der Waals surface area contributed by atoms with E-state index in [9.17, 15) is 0 Å². The molecule has 0 aromatic heterocycles. The van der Waals surface area contributed by atoms with Gasteiger partial charge in [-0.1, -0.05) is 42.1 Å². The van der Waals surface area contributed by atoms with Crippen LogP contribution in [-0.4, -0.2) is 19.3 Å². The molecular formula is C18H30BrNO2. The van der Waals surface area contributed by atoms with Gasteiger partial charge in [0.25, 0.3) is 0 Å². The highest BCUT2D eigenvalue weighted by atomic mass is 79.9. The number of unbranched alkanes of at least 4 members (excludes halogenated alkanes) is 3. The SMILES string of the molecule is CCCCCCNCc1cc(OCC)c(OC(C)C)cc1Br. The summed E-state index contributed by atoms with van der Waals surface area (Å²) in [6.07, 6.45) is 5.27. The van der Waals surface area contributed by atoms with Gasteiger partial charge in [-0.3, -0.25) is 0 Å². The minimum Gasteiger partial charge on any atom is -0.490 e. The Balaban J connectivity index is 2.64. The van der Waals surface area contributed by atoms with Gasteiger partial charge in [-0.25, -0.2) is 0 Å². The van der Waals surface area contributed by atoms with Crippen molar-refractivity contribution >= 4 is 15.9 Å². The number of ether oxygens (including phenoxy) is 2. The summed E-state index contributed by atoms with van der Waals surface area (Å²) in [5.41, 5.74) is 1.20. The molecule has 0 amide bonds. The summed E-state index contributed by atoms with van der Waals surface area (Å²) in [7, 11) is 0. The van der Waals surface area contributed by atoms with E-state index in [2.05, 4.69) is 34.2 Å². The third-order valence-corrected chi connectivity index (χ3v) is 4.04. The molecule has 0 saturated carbocycles. The molecule has 0 heterocycles. The van der Waals surface area contributed by atoms with Gasteiger partial charge < -0.3 is 14.8 Å². The summed E-state index contributed by atoms with van der Waals surface area (Å²) in [6, 6.07) is 4.09. The maximum absolute atomic E-state index is 5.83. The normalized spacial score (nSPS) is 11.0. The van der Waals surface area contributed by atoms with Gasteiger partial charge in [-0.2, -0.15) is 0 Å². The summed E-state index contributed by atoms with van der Waals surface area (Å²) in [5, 5.41) is 3.50. The van der Waals surface area contributed by atoms with Crippen molar-refractivity contribution in [1.29, 1.82) is 0 Å². The van der Waals surface area contributed by atoms with Crippen LogP contribution in [0.4, 0.5) is 0 Å². The quantitative estimate of drug-likeness (QED) is 0.535. The molecule has 0 unspecified atom stereocenters. The van der Waals surface area contributed by atoms with Gasteiger partial charge in [0, 0.05) is 11.0 Å². The molecule has 0 fully saturated rings. The van der Waals surface area contributed by atoms with Crippen LogP contribution in [0, 0.1) is 0 Å². The number of halogens is 1. The zero-order valence-corrected chi connectivity index (χ0v) is 16.0. The molecule has 0 spiro atoms. The van der Waals surface area contributed by atoms with Gasteiger partial charge in [-0.15, -0.1) is 0 Å². The van der Waals surface area contributed by atoms with Gasteiger partial charge in [0.15, 0.2) is 11.5 Å². The van der Waals surface area contributed by atoms with Crippen molar-refractivity contribution in [2.75, 3.05) is 13.2 Å². The zero-order chi connectivity index (χ0) is 16.4. The van der Waals surface area contributed by atoms with E-state index in [4.69, 9.17) is 9.47 Å². The fourth-order valence-corrected chi connectivity index (χ4v) is 2.69. The minimum absolute atomic E-state index is 0.133. The van der Waals surface area contributed by atoms with Crippen LogP contribution in [0.15, 0.2) is 16.6 Å². The molecule has 0 atom stereocenters. The second kappa shape index (κ2) is 10.9. The van der Waals surface area contributed by atoms with E-state index in [1.165, 1.54) is 31.2 Å². The minimum atomic E-state index is 0.133. The molecule has 4 heteroatoms. The summed E-state index contributed by atoms with van der Waals surface area (Å²) in [4.78, 5) is 0. The molecule has 126 valence electrons. The molecule has 0 aliphatic rings. The van der Waals surface area contributed by atoms with Crippen molar-refractivity contribution in [3.8, 4) is 11.5 Å². The molecule has 1 aromatic rings. The monoisotopic (exact) mass is 371 g/mol. The van der Waals surface area contributed by atoms with Crippen molar-refractivity contribution in [1.82, 2.24) is 5.32 Å². The van der Waals surface area contributed by atoms with Crippen molar-refractivity contribution < 1.29 is 9.47 Å². The average molecular weight is 372 g/mol. The molecule has 0 radical (unpaired) electrons. The van der Waals surface area contributed by atoms with Crippen molar-refractivity contribution in [3.05, 3.63) is 22.2 Å². The van der Waals surface area contributed by atoms with E-state index in [-0.39, 0.29) is 6.10 Å². The summed E-state index contributed by atoms with van der Waals surface area (Å²) >= 11 is 3.64. The third-order valence-electron chi connectivity index (χ3n) is 3.30. The lowest BCUT2D eigenvalue weighted by Gasteiger charge is -2.17. The standard InChI is InChI=1S/C18H30BrNO2/c1-5-7-8-9-10-20-13-15-11-17(21-6-2)18(12-16(15)19)22-14(3)4/h11-12,14,20H,5-10,13H2,1-4H3. The first-order chi connectivity index (χ1) is 10.6.